The molecule has 1 aromatic carbocycles. The van der Waals surface area contributed by atoms with Gasteiger partial charge in [-0.05, 0) is 25.2 Å². The zero-order valence-corrected chi connectivity index (χ0v) is 17.7. The Bertz CT molecular complexity index is 867. The number of rotatable bonds is 5. The van der Waals surface area contributed by atoms with E-state index in [0.29, 0.717) is 17.7 Å². The molecule has 6 heteroatoms. The molecule has 1 saturated heterocycles. The van der Waals surface area contributed by atoms with Crippen LogP contribution in [0.25, 0.3) is 11.4 Å². The van der Waals surface area contributed by atoms with Crippen molar-refractivity contribution in [3.8, 4) is 11.4 Å². The van der Waals surface area contributed by atoms with Crippen molar-refractivity contribution in [3.63, 3.8) is 0 Å². The van der Waals surface area contributed by atoms with Gasteiger partial charge in [-0.15, -0.1) is 0 Å². The number of aromatic nitrogens is 2. The molecule has 3 aliphatic rings. The average molecular weight is 409 g/mol. The molecular weight excluding hydrogens is 376 g/mol. The number of nitrogens with one attached hydrogen (secondary N) is 1. The van der Waals surface area contributed by atoms with E-state index in [-0.39, 0.29) is 5.91 Å². The van der Waals surface area contributed by atoms with Gasteiger partial charge < -0.3 is 14.6 Å². The van der Waals surface area contributed by atoms with E-state index in [1.165, 1.54) is 19.3 Å². The second kappa shape index (κ2) is 8.90. The van der Waals surface area contributed by atoms with Crippen molar-refractivity contribution < 1.29 is 9.53 Å². The van der Waals surface area contributed by atoms with E-state index in [0.717, 1.165) is 75.7 Å². The molecule has 1 unspecified atom stereocenters. The maximum Gasteiger partial charge on any atom is 0.272 e. The Kier molecular flexibility index (Phi) is 5.86. The molecule has 1 atom stereocenters. The summed E-state index contributed by atoms with van der Waals surface area (Å²) in [7, 11) is 0. The summed E-state index contributed by atoms with van der Waals surface area (Å²) < 4.78 is 7.84. The van der Waals surface area contributed by atoms with Gasteiger partial charge in [0, 0.05) is 44.4 Å². The number of amides is 1. The SMILES string of the molecule is O=C(NC1CCCCC1)c1nc(-c2ccccc2)n2c1CN(CC1CCOC1)CC2. The van der Waals surface area contributed by atoms with Crippen molar-refractivity contribution in [1.29, 1.82) is 0 Å². The van der Waals surface area contributed by atoms with E-state index in [9.17, 15) is 4.79 Å². The Morgan fingerprint density at radius 3 is 2.70 bits per heavy atom. The lowest BCUT2D eigenvalue weighted by atomic mass is 9.95. The highest BCUT2D eigenvalue weighted by atomic mass is 16.5. The molecule has 30 heavy (non-hydrogen) atoms. The summed E-state index contributed by atoms with van der Waals surface area (Å²) in [4.78, 5) is 20.6. The van der Waals surface area contributed by atoms with Gasteiger partial charge in [-0.3, -0.25) is 9.69 Å². The second-order valence-electron chi connectivity index (χ2n) is 9.02. The van der Waals surface area contributed by atoms with Gasteiger partial charge in [0.1, 0.15) is 5.82 Å². The number of fused-ring (bicyclic) bond motifs is 1. The molecule has 2 fully saturated rings. The van der Waals surface area contributed by atoms with Crippen LogP contribution in [0.15, 0.2) is 30.3 Å². The Morgan fingerprint density at radius 1 is 1.10 bits per heavy atom. The summed E-state index contributed by atoms with van der Waals surface area (Å²) in [5.41, 5.74) is 2.76. The molecule has 1 aliphatic carbocycles. The van der Waals surface area contributed by atoms with Gasteiger partial charge >= 0.3 is 0 Å². The topological polar surface area (TPSA) is 59.4 Å². The molecule has 0 bridgehead atoms. The number of ether oxygens (including phenoxy) is 1. The first-order chi connectivity index (χ1) is 14.8. The maximum atomic E-state index is 13.3. The molecule has 0 radical (unpaired) electrons. The predicted octanol–water partition coefficient (Wildman–Crippen LogP) is 3.46. The fraction of sp³-hybridized carbons (Fsp3) is 0.583. The van der Waals surface area contributed by atoms with Crippen molar-refractivity contribution in [2.24, 2.45) is 5.92 Å². The lowest BCUT2D eigenvalue weighted by Gasteiger charge is -2.31. The van der Waals surface area contributed by atoms with Gasteiger partial charge in [0.25, 0.3) is 5.91 Å². The largest absolute Gasteiger partial charge is 0.381 e. The van der Waals surface area contributed by atoms with E-state index < -0.39 is 0 Å². The van der Waals surface area contributed by atoms with Crippen LogP contribution < -0.4 is 5.32 Å². The summed E-state index contributed by atoms with van der Waals surface area (Å²) in [6, 6.07) is 10.5. The summed E-state index contributed by atoms with van der Waals surface area (Å²) in [5, 5.41) is 3.28. The third-order valence-corrected chi connectivity index (χ3v) is 6.81. The highest BCUT2D eigenvalue weighted by Crippen LogP contribution is 2.28. The zero-order valence-electron chi connectivity index (χ0n) is 17.7. The Labute approximate surface area is 178 Å². The van der Waals surface area contributed by atoms with Crippen LogP contribution in [-0.4, -0.2) is 52.7 Å². The van der Waals surface area contributed by atoms with Gasteiger partial charge in [0.2, 0.25) is 0 Å². The van der Waals surface area contributed by atoms with Crippen LogP contribution in [0.3, 0.4) is 0 Å². The molecule has 1 saturated carbocycles. The number of nitrogens with zero attached hydrogens (tertiary/aromatic N) is 3. The molecule has 3 heterocycles. The van der Waals surface area contributed by atoms with Crippen molar-refractivity contribution in [1.82, 2.24) is 19.8 Å². The van der Waals surface area contributed by atoms with Gasteiger partial charge in [-0.25, -0.2) is 4.98 Å². The Balaban J connectivity index is 1.42. The Hall–Kier alpha value is -2.18. The van der Waals surface area contributed by atoms with E-state index >= 15 is 0 Å². The minimum Gasteiger partial charge on any atom is -0.381 e. The maximum absolute atomic E-state index is 13.3. The number of hydrogen-bond donors (Lipinski definition) is 1. The molecule has 1 aromatic heterocycles. The zero-order chi connectivity index (χ0) is 20.3. The van der Waals surface area contributed by atoms with Crippen LogP contribution in [0.1, 0.15) is 54.7 Å². The number of benzene rings is 1. The smallest absolute Gasteiger partial charge is 0.272 e. The lowest BCUT2D eigenvalue weighted by molar-refractivity contribution is 0.0918. The van der Waals surface area contributed by atoms with E-state index in [2.05, 4.69) is 26.9 Å². The molecule has 160 valence electrons. The van der Waals surface area contributed by atoms with Gasteiger partial charge in [-0.1, -0.05) is 49.6 Å². The fourth-order valence-electron chi connectivity index (χ4n) is 5.16. The summed E-state index contributed by atoms with van der Waals surface area (Å²) in [5.74, 6) is 1.52. The average Bonchev–Trinajstić information content (AvgIpc) is 3.43. The highest BCUT2D eigenvalue weighted by molar-refractivity contribution is 5.94. The first-order valence-electron chi connectivity index (χ1n) is 11.5. The quantitative estimate of drug-likeness (QED) is 0.823. The number of carbonyl (C=O) groups is 1. The van der Waals surface area contributed by atoms with Gasteiger partial charge in [0.15, 0.2) is 5.69 Å². The number of carbonyl (C=O) groups excluding carboxylic acids is 1. The number of imidazole rings is 1. The molecule has 2 aromatic rings. The second-order valence-corrected chi connectivity index (χ2v) is 9.02. The summed E-state index contributed by atoms with van der Waals surface area (Å²) in [6.07, 6.45) is 7.00. The third-order valence-electron chi connectivity index (χ3n) is 6.81. The molecule has 6 nitrogen and oxygen atoms in total. The minimum atomic E-state index is -0.00104. The van der Waals surface area contributed by atoms with Crippen LogP contribution in [0.4, 0.5) is 0 Å². The molecule has 1 N–H and O–H groups in total. The number of hydrogen-bond acceptors (Lipinski definition) is 4. The van der Waals surface area contributed by atoms with Crippen LogP contribution in [-0.2, 0) is 17.8 Å². The minimum absolute atomic E-state index is 0.00104. The third kappa shape index (κ3) is 4.16. The lowest BCUT2D eigenvalue weighted by Crippen LogP contribution is -2.40. The monoisotopic (exact) mass is 408 g/mol. The van der Waals surface area contributed by atoms with Crippen molar-refractivity contribution in [3.05, 3.63) is 41.7 Å². The molecule has 0 spiro atoms. The van der Waals surface area contributed by atoms with Crippen LogP contribution in [0.5, 0.6) is 0 Å². The summed E-state index contributed by atoms with van der Waals surface area (Å²) in [6.45, 7) is 5.42. The molecule has 5 rings (SSSR count). The van der Waals surface area contributed by atoms with E-state index in [1.807, 2.05) is 18.2 Å². The van der Waals surface area contributed by atoms with Gasteiger partial charge in [-0.2, -0.15) is 0 Å². The predicted molar refractivity (Wildman–Crippen MR) is 116 cm³/mol. The van der Waals surface area contributed by atoms with Crippen LogP contribution >= 0.6 is 0 Å². The van der Waals surface area contributed by atoms with E-state index in [4.69, 9.17) is 9.72 Å². The molecule has 2 aliphatic heterocycles. The normalized spacial score (nSPS) is 22.7. The molecule has 1 amide bonds. The first-order valence-corrected chi connectivity index (χ1v) is 11.5. The van der Waals surface area contributed by atoms with Gasteiger partial charge in [0.05, 0.1) is 12.3 Å². The van der Waals surface area contributed by atoms with Crippen molar-refractivity contribution in [2.75, 3.05) is 26.3 Å². The summed E-state index contributed by atoms with van der Waals surface area (Å²) >= 11 is 0. The van der Waals surface area contributed by atoms with Crippen molar-refractivity contribution >= 4 is 5.91 Å². The first kappa shape index (κ1) is 19.8. The standard InChI is InChI=1S/C24H32N4O2/c29-24(25-20-9-5-2-6-10-20)22-21-16-27(15-18-11-14-30-17-18)12-13-28(21)23(26-22)19-7-3-1-4-8-19/h1,3-4,7-8,18,20H,2,5-6,9-17H2,(H,25,29). The highest BCUT2D eigenvalue weighted by Gasteiger charge is 2.30. The van der Waals surface area contributed by atoms with Crippen molar-refractivity contribution in [2.45, 2.75) is 57.7 Å². The van der Waals surface area contributed by atoms with Crippen LogP contribution in [0.2, 0.25) is 0 Å². The van der Waals surface area contributed by atoms with Crippen LogP contribution in [0, 0.1) is 5.92 Å². The fourth-order valence-corrected chi connectivity index (χ4v) is 5.16. The Morgan fingerprint density at radius 2 is 1.93 bits per heavy atom. The van der Waals surface area contributed by atoms with E-state index in [1.54, 1.807) is 0 Å². The molecular formula is C24H32N4O2.